The Hall–Kier alpha value is -6.99. The number of nitrogens with zero attached hydrogens (tertiary/aromatic N) is 3. The minimum atomic E-state index is 0.651. The van der Waals surface area contributed by atoms with Gasteiger partial charge < -0.3 is 4.42 Å². The summed E-state index contributed by atoms with van der Waals surface area (Å²) < 4.78 is 11.8. The van der Waals surface area contributed by atoms with Crippen LogP contribution in [0.2, 0.25) is 0 Å². The zero-order valence-corrected chi connectivity index (χ0v) is 31.9. The molecule has 0 unspecified atom stereocenters. The van der Waals surface area contributed by atoms with Crippen molar-refractivity contribution in [3.05, 3.63) is 176 Å². The van der Waals surface area contributed by atoms with Crippen molar-refractivity contribution in [2.75, 3.05) is 0 Å². The Labute approximate surface area is 335 Å². The van der Waals surface area contributed by atoms with Crippen molar-refractivity contribution in [2.45, 2.75) is 0 Å². The minimum absolute atomic E-state index is 0.651. The van der Waals surface area contributed by atoms with Gasteiger partial charge >= 0.3 is 0 Å². The highest BCUT2D eigenvalue weighted by atomic mass is 32.1. The van der Waals surface area contributed by atoms with Crippen LogP contribution < -0.4 is 0 Å². The number of rotatable bonds is 5. The van der Waals surface area contributed by atoms with Crippen LogP contribution in [0.5, 0.6) is 0 Å². The lowest BCUT2D eigenvalue weighted by Gasteiger charge is -2.11. The highest BCUT2D eigenvalue weighted by Gasteiger charge is 2.22. The molecule has 0 fully saturated rings. The summed E-state index contributed by atoms with van der Waals surface area (Å²) in [7, 11) is 0. The molecule has 0 saturated heterocycles. The van der Waals surface area contributed by atoms with Crippen LogP contribution in [0.25, 0.3) is 119 Å². The third-order valence-corrected chi connectivity index (χ3v) is 13.2. The van der Waals surface area contributed by atoms with Crippen LogP contribution in [-0.2, 0) is 0 Å². The van der Waals surface area contributed by atoms with E-state index in [1.807, 2.05) is 72.0 Å². The van der Waals surface area contributed by atoms with Crippen molar-refractivity contribution >= 4 is 85.0 Å². The molecular formula is C51H29N3OS2. The largest absolute Gasteiger partial charge is 0.455 e. The topological polar surface area (TPSA) is 51.8 Å². The van der Waals surface area contributed by atoms with E-state index in [2.05, 4.69) is 115 Å². The molecule has 12 rings (SSSR count). The first-order valence-electron chi connectivity index (χ1n) is 18.9. The highest BCUT2D eigenvalue weighted by Crippen LogP contribution is 2.48. The molecule has 0 aliphatic heterocycles. The molecule has 0 radical (unpaired) electrons. The van der Waals surface area contributed by atoms with E-state index in [-0.39, 0.29) is 0 Å². The van der Waals surface area contributed by atoms with Crippen LogP contribution >= 0.6 is 22.7 Å². The lowest BCUT2D eigenvalue weighted by molar-refractivity contribution is 0.670. The average Bonchev–Trinajstić information content (AvgIpc) is 3.98. The zero-order chi connectivity index (χ0) is 37.5. The summed E-state index contributed by atoms with van der Waals surface area (Å²) in [5.41, 5.74) is 9.30. The Morgan fingerprint density at radius 3 is 1.54 bits per heavy atom. The molecule has 0 amide bonds. The van der Waals surface area contributed by atoms with Gasteiger partial charge in [0.15, 0.2) is 17.5 Å². The van der Waals surface area contributed by atoms with Crippen LogP contribution in [-0.4, -0.2) is 15.0 Å². The molecule has 8 aromatic carbocycles. The van der Waals surface area contributed by atoms with E-state index in [4.69, 9.17) is 19.4 Å². The van der Waals surface area contributed by atoms with Gasteiger partial charge in [-0.2, -0.15) is 0 Å². The van der Waals surface area contributed by atoms with Crippen LogP contribution in [0.3, 0.4) is 0 Å². The first kappa shape index (κ1) is 32.3. The maximum atomic E-state index is 6.85. The second kappa shape index (κ2) is 12.8. The van der Waals surface area contributed by atoms with Crippen molar-refractivity contribution in [1.82, 2.24) is 15.0 Å². The molecule has 266 valence electrons. The van der Waals surface area contributed by atoms with E-state index in [0.29, 0.717) is 17.5 Å². The molecule has 0 atom stereocenters. The summed E-state index contributed by atoms with van der Waals surface area (Å²) in [4.78, 5) is 14.9. The lowest BCUT2D eigenvalue weighted by Crippen LogP contribution is -1.99. The van der Waals surface area contributed by atoms with Gasteiger partial charge in [-0.05, 0) is 53.1 Å². The molecule has 6 heteroatoms. The van der Waals surface area contributed by atoms with E-state index in [1.165, 1.54) is 51.5 Å². The summed E-state index contributed by atoms with van der Waals surface area (Å²) in [6.07, 6.45) is 0. The minimum Gasteiger partial charge on any atom is -0.455 e. The predicted octanol–water partition coefficient (Wildman–Crippen LogP) is 14.8. The van der Waals surface area contributed by atoms with Gasteiger partial charge in [-0.25, -0.2) is 15.0 Å². The van der Waals surface area contributed by atoms with Crippen molar-refractivity contribution in [3.63, 3.8) is 0 Å². The van der Waals surface area contributed by atoms with E-state index in [0.717, 1.165) is 49.8 Å². The third kappa shape index (κ3) is 5.15. The second-order valence-electron chi connectivity index (χ2n) is 14.3. The molecule has 4 heterocycles. The van der Waals surface area contributed by atoms with E-state index in [9.17, 15) is 0 Å². The number of fused-ring (bicyclic) bond motifs is 9. The summed E-state index contributed by atoms with van der Waals surface area (Å²) in [6.45, 7) is 0. The molecule has 4 nitrogen and oxygen atoms in total. The zero-order valence-electron chi connectivity index (χ0n) is 30.3. The number of para-hydroxylation sites is 1. The molecule has 0 aliphatic carbocycles. The van der Waals surface area contributed by atoms with Gasteiger partial charge in [0.2, 0.25) is 0 Å². The van der Waals surface area contributed by atoms with Gasteiger partial charge in [-0.15, -0.1) is 22.7 Å². The third-order valence-electron chi connectivity index (χ3n) is 11.0. The molecule has 57 heavy (non-hydrogen) atoms. The molecule has 0 bridgehead atoms. The normalized spacial score (nSPS) is 11.9. The lowest BCUT2D eigenvalue weighted by atomic mass is 9.91. The Balaban J connectivity index is 1.06. The summed E-state index contributed by atoms with van der Waals surface area (Å²) in [5, 5.41) is 7.24. The molecule has 0 saturated carbocycles. The first-order chi connectivity index (χ1) is 28.2. The predicted molar refractivity (Wildman–Crippen MR) is 240 cm³/mol. The van der Waals surface area contributed by atoms with Crippen LogP contribution in [0.1, 0.15) is 0 Å². The molecule has 4 aromatic heterocycles. The van der Waals surface area contributed by atoms with Crippen LogP contribution in [0.15, 0.2) is 180 Å². The fourth-order valence-corrected chi connectivity index (χ4v) is 10.7. The van der Waals surface area contributed by atoms with Gasteiger partial charge in [0.05, 0.1) is 0 Å². The van der Waals surface area contributed by atoms with Gasteiger partial charge in [0.25, 0.3) is 0 Å². The van der Waals surface area contributed by atoms with E-state index in [1.54, 1.807) is 11.3 Å². The Morgan fingerprint density at radius 2 is 0.842 bits per heavy atom. The average molecular weight is 764 g/mol. The molecule has 0 spiro atoms. The number of furan rings is 1. The fraction of sp³-hybridized carbons (Fsp3) is 0. The summed E-state index contributed by atoms with van der Waals surface area (Å²) >= 11 is 3.64. The smallest absolute Gasteiger partial charge is 0.164 e. The molecular weight excluding hydrogens is 735 g/mol. The molecule has 0 aliphatic rings. The number of thiophene rings is 2. The number of hydrogen-bond donors (Lipinski definition) is 0. The van der Waals surface area contributed by atoms with Crippen molar-refractivity contribution in [3.8, 4) is 56.4 Å². The summed E-state index contributed by atoms with van der Waals surface area (Å²) in [5.74, 6) is 1.96. The maximum Gasteiger partial charge on any atom is 0.164 e. The van der Waals surface area contributed by atoms with Crippen molar-refractivity contribution in [2.24, 2.45) is 0 Å². The Kier molecular flexibility index (Phi) is 7.24. The van der Waals surface area contributed by atoms with Crippen LogP contribution in [0, 0.1) is 0 Å². The SMILES string of the molecule is c1ccc(-c2nc(-c3ccccc3)nc(-c3ccc4c(c3)sc3cccc(-c5ccc(-c6cccc7sc8ccccc8c67)c6oc7ccccc7c56)c34)n2)cc1. The highest BCUT2D eigenvalue weighted by molar-refractivity contribution is 7.26. The fourth-order valence-electron chi connectivity index (χ4n) is 8.39. The number of aromatic nitrogens is 3. The first-order valence-corrected chi connectivity index (χ1v) is 20.6. The van der Waals surface area contributed by atoms with Crippen molar-refractivity contribution in [1.29, 1.82) is 0 Å². The van der Waals surface area contributed by atoms with Crippen molar-refractivity contribution < 1.29 is 4.42 Å². The van der Waals surface area contributed by atoms with Crippen LogP contribution in [0.4, 0.5) is 0 Å². The molecule has 12 aromatic rings. The number of benzene rings is 8. The number of hydrogen-bond acceptors (Lipinski definition) is 6. The molecule has 0 N–H and O–H groups in total. The van der Waals surface area contributed by atoms with Gasteiger partial charge in [0.1, 0.15) is 11.2 Å². The van der Waals surface area contributed by atoms with E-state index < -0.39 is 0 Å². The van der Waals surface area contributed by atoms with Gasteiger partial charge in [-0.3, -0.25) is 0 Å². The second-order valence-corrected chi connectivity index (χ2v) is 16.4. The summed E-state index contributed by atoms with van der Waals surface area (Å²) in [6, 6.07) is 61.9. The monoisotopic (exact) mass is 763 g/mol. The Morgan fingerprint density at radius 1 is 0.333 bits per heavy atom. The maximum absolute atomic E-state index is 6.85. The quantitative estimate of drug-likeness (QED) is 0.175. The standard InChI is InChI=1S/C51H29N3OS2/c1-3-13-30(14-4-1)49-52-50(31-15-5-2-6-16-31)54-51(53-49)32-25-26-39-44(29-32)57-43-24-11-19-33(45(39)43)35-27-28-36(48-47(35)37-17-7-9-21-40(37)55-48)34-20-12-23-42-46(34)38-18-8-10-22-41(38)56-42/h1-29H. The Bertz CT molecular complexity index is 3470. The van der Waals surface area contributed by atoms with Gasteiger partial charge in [-0.1, -0.05) is 140 Å². The van der Waals surface area contributed by atoms with E-state index >= 15 is 0 Å². The van der Waals surface area contributed by atoms with Gasteiger partial charge in [0, 0.05) is 73.4 Å².